The molecule has 0 aromatic carbocycles. The molecule has 0 radical (unpaired) electrons. The molecule has 0 unspecified atom stereocenters. The lowest BCUT2D eigenvalue weighted by molar-refractivity contribution is 0.922. The number of fused-ring (bicyclic) bond motifs is 1. The van der Waals surface area contributed by atoms with Gasteiger partial charge in [0.25, 0.3) is 5.78 Å². The van der Waals surface area contributed by atoms with Gasteiger partial charge < -0.3 is 5.32 Å². The lowest BCUT2D eigenvalue weighted by Crippen LogP contribution is -2.11. The summed E-state index contributed by atoms with van der Waals surface area (Å²) < 4.78 is 1.67. The summed E-state index contributed by atoms with van der Waals surface area (Å²) in [6, 6.07) is 0. The first-order chi connectivity index (χ1) is 7.74. The first-order valence-electron chi connectivity index (χ1n) is 4.82. The summed E-state index contributed by atoms with van der Waals surface area (Å²) in [6.07, 6.45) is 3.54. The number of rotatable bonds is 4. The van der Waals surface area contributed by atoms with Gasteiger partial charge in [-0.2, -0.15) is 31.3 Å². The van der Waals surface area contributed by atoms with Gasteiger partial charge in [-0.05, 0) is 13.2 Å². The van der Waals surface area contributed by atoms with E-state index in [1.807, 2.05) is 6.92 Å². The minimum atomic E-state index is 0.465. The number of anilines is 1. The average Bonchev–Trinajstić information content (AvgIpc) is 2.71. The Balaban J connectivity index is 2.39. The van der Waals surface area contributed by atoms with E-state index in [1.54, 1.807) is 16.3 Å². The summed E-state index contributed by atoms with van der Waals surface area (Å²) in [7, 11) is 0. The smallest absolute Gasteiger partial charge is 0.255 e. The fourth-order valence-corrected chi connectivity index (χ4v) is 1.85. The van der Waals surface area contributed by atoms with Crippen molar-refractivity contribution < 1.29 is 0 Å². The van der Waals surface area contributed by atoms with Gasteiger partial charge in [0.2, 0.25) is 0 Å². The summed E-state index contributed by atoms with van der Waals surface area (Å²) in [5, 5.41) is 7.88. The van der Waals surface area contributed by atoms with Gasteiger partial charge in [-0.15, -0.1) is 0 Å². The predicted octanol–water partition coefficient (Wildman–Crippen LogP) is 1.86. The molecule has 0 fully saturated rings. The molecule has 2 aromatic rings. The third-order valence-electron chi connectivity index (χ3n) is 2.20. The Labute approximate surface area is 103 Å². The number of aromatic nitrogens is 4. The van der Waals surface area contributed by atoms with Crippen LogP contribution < -0.4 is 5.32 Å². The normalized spacial score (nSPS) is 10.9. The molecule has 0 aliphatic heterocycles. The Hall–Kier alpha value is -1.01. The summed E-state index contributed by atoms with van der Waals surface area (Å²) in [5.74, 6) is 2.40. The molecule has 16 heavy (non-hydrogen) atoms. The molecule has 86 valence electrons. The van der Waals surface area contributed by atoms with Crippen LogP contribution in [0.25, 0.3) is 5.78 Å². The van der Waals surface area contributed by atoms with E-state index >= 15 is 0 Å². The Kier molecular flexibility index (Phi) is 3.50. The fraction of sp³-hybridized carbons (Fsp3) is 0.444. The second kappa shape index (κ2) is 4.88. The van der Waals surface area contributed by atoms with Crippen LogP contribution in [0, 0.1) is 6.92 Å². The van der Waals surface area contributed by atoms with E-state index < -0.39 is 0 Å². The van der Waals surface area contributed by atoms with Crippen LogP contribution in [0.1, 0.15) is 5.56 Å². The van der Waals surface area contributed by atoms with Gasteiger partial charge in [0.05, 0.1) is 0 Å². The molecular weight excluding hydrogens is 246 g/mol. The number of hydrogen-bond donors (Lipinski definition) is 1. The van der Waals surface area contributed by atoms with Crippen LogP contribution in [0.3, 0.4) is 0 Å². The van der Waals surface area contributed by atoms with Crippen LogP contribution in [-0.4, -0.2) is 38.1 Å². The highest BCUT2D eigenvalue weighted by Crippen LogP contribution is 2.21. The van der Waals surface area contributed by atoms with Crippen LogP contribution in [0.4, 0.5) is 5.82 Å². The van der Waals surface area contributed by atoms with Gasteiger partial charge in [0.1, 0.15) is 17.3 Å². The maximum Gasteiger partial charge on any atom is 0.255 e. The maximum absolute atomic E-state index is 6.03. The second-order valence-electron chi connectivity index (χ2n) is 3.27. The zero-order valence-electron chi connectivity index (χ0n) is 9.07. The lowest BCUT2D eigenvalue weighted by Gasteiger charge is -2.10. The summed E-state index contributed by atoms with van der Waals surface area (Å²) in [6.45, 7) is 2.77. The molecule has 0 amide bonds. The van der Waals surface area contributed by atoms with Crippen molar-refractivity contribution in [3.05, 3.63) is 17.0 Å². The Morgan fingerprint density at radius 2 is 2.38 bits per heavy atom. The Bertz CT molecular complexity index is 498. The molecule has 0 saturated heterocycles. The lowest BCUT2D eigenvalue weighted by atomic mass is 10.3. The van der Waals surface area contributed by atoms with Crippen LogP contribution >= 0.6 is 23.4 Å². The molecular formula is C9H12ClN5S. The van der Waals surface area contributed by atoms with Gasteiger partial charge in [0.15, 0.2) is 0 Å². The van der Waals surface area contributed by atoms with E-state index in [2.05, 4.69) is 26.6 Å². The average molecular weight is 258 g/mol. The zero-order chi connectivity index (χ0) is 11.5. The van der Waals surface area contributed by atoms with Gasteiger partial charge in [-0.25, -0.2) is 0 Å². The van der Waals surface area contributed by atoms with Crippen molar-refractivity contribution in [3.8, 4) is 0 Å². The minimum Gasteiger partial charge on any atom is -0.369 e. The highest BCUT2D eigenvalue weighted by Gasteiger charge is 2.11. The SMILES string of the molecule is CSCCNc1c(C)c(Cl)nc2ncnn12. The largest absolute Gasteiger partial charge is 0.369 e. The molecule has 2 rings (SSSR count). The molecule has 0 aliphatic carbocycles. The number of thioether (sulfide) groups is 1. The monoisotopic (exact) mass is 257 g/mol. The number of halogens is 1. The quantitative estimate of drug-likeness (QED) is 0.669. The van der Waals surface area contributed by atoms with Crippen LogP contribution in [0.5, 0.6) is 0 Å². The van der Waals surface area contributed by atoms with Gasteiger partial charge in [-0.3, -0.25) is 0 Å². The van der Waals surface area contributed by atoms with Crippen molar-refractivity contribution in [2.75, 3.05) is 23.9 Å². The third-order valence-corrected chi connectivity index (χ3v) is 3.18. The Morgan fingerprint density at radius 1 is 1.56 bits per heavy atom. The van der Waals surface area contributed by atoms with Gasteiger partial charge >= 0.3 is 0 Å². The van der Waals surface area contributed by atoms with Gasteiger partial charge in [0, 0.05) is 17.9 Å². The number of nitrogens with one attached hydrogen (secondary N) is 1. The molecule has 0 aliphatic rings. The molecule has 0 spiro atoms. The van der Waals surface area contributed by atoms with Crippen molar-refractivity contribution >= 4 is 35.0 Å². The molecule has 1 N–H and O–H groups in total. The summed E-state index contributed by atoms with van der Waals surface area (Å²) in [4.78, 5) is 8.15. The van der Waals surface area contributed by atoms with E-state index in [9.17, 15) is 0 Å². The molecule has 5 nitrogen and oxygen atoms in total. The summed E-state index contributed by atoms with van der Waals surface area (Å²) >= 11 is 7.81. The van der Waals surface area contributed by atoms with Crippen molar-refractivity contribution in [1.82, 2.24) is 19.6 Å². The van der Waals surface area contributed by atoms with E-state index in [0.29, 0.717) is 10.9 Å². The van der Waals surface area contributed by atoms with Crippen LogP contribution in [0.15, 0.2) is 6.33 Å². The summed E-state index contributed by atoms with van der Waals surface area (Å²) in [5.41, 5.74) is 0.890. The number of hydrogen-bond acceptors (Lipinski definition) is 5. The number of nitrogens with zero attached hydrogens (tertiary/aromatic N) is 4. The first-order valence-corrected chi connectivity index (χ1v) is 6.60. The van der Waals surface area contributed by atoms with E-state index in [1.165, 1.54) is 6.33 Å². The van der Waals surface area contributed by atoms with Crippen LogP contribution in [0.2, 0.25) is 5.15 Å². The highest BCUT2D eigenvalue weighted by atomic mass is 35.5. The first kappa shape index (κ1) is 11.5. The molecule has 0 atom stereocenters. The van der Waals surface area contributed by atoms with E-state index in [4.69, 9.17) is 11.6 Å². The highest BCUT2D eigenvalue weighted by molar-refractivity contribution is 7.98. The third kappa shape index (κ3) is 2.08. The Morgan fingerprint density at radius 3 is 3.12 bits per heavy atom. The molecule has 0 saturated carbocycles. The standard InChI is InChI=1S/C9H12ClN5S/c1-6-7(10)14-9-12-5-13-15(9)8(6)11-3-4-16-2/h5,11H,3-4H2,1-2H3. The van der Waals surface area contributed by atoms with Crippen molar-refractivity contribution in [2.45, 2.75) is 6.92 Å². The van der Waals surface area contributed by atoms with Crippen molar-refractivity contribution in [3.63, 3.8) is 0 Å². The van der Waals surface area contributed by atoms with Gasteiger partial charge in [-0.1, -0.05) is 11.6 Å². The van der Waals surface area contributed by atoms with E-state index in [-0.39, 0.29) is 0 Å². The van der Waals surface area contributed by atoms with E-state index in [0.717, 1.165) is 23.7 Å². The topological polar surface area (TPSA) is 55.1 Å². The zero-order valence-corrected chi connectivity index (χ0v) is 10.6. The molecule has 7 heteroatoms. The second-order valence-corrected chi connectivity index (χ2v) is 4.61. The minimum absolute atomic E-state index is 0.465. The predicted molar refractivity (Wildman–Crippen MR) is 67.4 cm³/mol. The van der Waals surface area contributed by atoms with Crippen LogP contribution in [-0.2, 0) is 0 Å². The molecule has 0 bridgehead atoms. The fourth-order valence-electron chi connectivity index (χ4n) is 1.38. The maximum atomic E-state index is 6.03. The van der Waals surface area contributed by atoms with Crippen molar-refractivity contribution in [1.29, 1.82) is 0 Å². The molecule has 2 aromatic heterocycles. The molecule has 2 heterocycles. The van der Waals surface area contributed by atoms with Crippen molar-refractivity contribution in [2.24, 2.45) is 0 Å².